The van der Waals surface area contributed by atoms with Gasteiger partial charge in [0, 0.05) is 24.7 Å². The third-order valence-electron chi connectivity index (χ3n) is 1.90. The Labute approximate surface area is 98.3 Å². The van der Waals surface area contributed by atoms with Crippen LogP contribution in [0.1, 0.15) is 31.5 Å². The molecule has 0 fully saturated rings. The highest BCUT2D eigenvalue weighted by atomic mass is 16.5. The van der Waals surface area contributed by atoms with Crippen molar-refractivity contribution in [1.29, 1.82) is 0 Å². The minimum Gasteiger partial charge on any atom is -0.403 e. The van der Waals surface area contributed by atoms with Crippen molar-refractivity contribution < 1.29 is 4.74 Å². The largest absolute Gasteiger partial charge is 0.403 e. The predicted octanol–water partition coefficient (Wildman–Crippen LogP) is 2.66. The molecule has 0 aliphatic heterocycles. The number of ether oxygens (including phenoxy) is 1. The molecule has 3 nitrogen and oxygen atoms in total. The minimum absolute atomic E-state index is 0.608. The minimum atomic E-state index is 0.608. The Hall–Kier alpha value is -1.35. The van der Waals surface area contributed by atoms with Crippen molar-refractivity contribution in [1.82, 2.24) is 4.98 Å². The molecule has 2 N–H and O–H groups in total. The first kappa shape index (κ1) is 14.6. The highest BCUT2D eigenvalue weighted by molar-refractivity contribution is 5.14. The van der Waals surface area contributed by atoms with E-state index in [0.717, 1.165) is 24.1 Å². The standard InChI is InChI=1S/C11H16N2O.C2H6/c1-9(12)3-5-11-6-4-10(7-13-11)8-14-2;1-2/h4,6-7H,1,3,5,8,12H2,2H3;1-2H3. The van der Waals surface area contributed by atoms with E-state index in [0.29, 0.717) is 12.3 Å². The maximum atomic E-state index is 5.48. The summed E-state index contributed by atoms with van der Waals surface area (Å²) in [5.41, 5.74) is 8.30. The van der Waals surface area contributed by atoms with Gasteiger partial charge in [-0.2, -0.15) is 0 Å². The van der Waals surface area contributed by atoms with Crippen molar-refractivity contribution in [2.24, 2.45) is 5.73 Å². The Morgan fingerprint density at radius 1 is 1.44 bits per heavy atom. The topological polar surface area (TPSA) is 48.1 Å². The van der Waals surface area contributed by atoms with E-state index in [4.69, 9.17) is 10.5 Å². The van der Waals surface area contributed by atoms with Crippen LogP contribution in [0.4, 0.5) is 0 Å². The second kappa shape index (κ2) is 8.92. The van der Waals surface area contributed by atoms with Crippen molar-refractivity contribution in [3.8, 4) is 0 Å². The molecule has 0 bridgehead atoms. The molecule has 3 heteroatoms. The first-order valence-electron chi connectivity index (χ1n) is 5.58. The summed E-state index contributed by atoms with van der Waals surface area (Å²) in [4.78, 5) is 4.29. The lowest BCUT2D eigenvalue weighted by molar-refractivity contribution is 0.184. The van der Waals surface area contributed by atoms with Crippen LogP contribution >= 0.6 is 0 Å². The van der Waals surface area contributed by atoms with Crippen molar-refractivity contribution >= 4 is 0 Å². The molecule has 0 unspecified atom stereocenters. The second-order valence-electron chi connectivity index (χ2n) is 3.25. The van der Waals surface area contributed by atoms with Gasteiger partial charge in [-0.3, -0.25) is 4.98 Å². The monoisotopic (exact) mass is 222 g/mol. The van der Waals surface area contributed by atoms with E-state index in [1.165, 1.54) is 0 Å². The van der Waals surface area contributed by atoms with Crippen molar-refractivity contribution in [2.45, 2.75) is 33.3 Å². The molecule has 1 aromatic heterocycles. The zero-order valence-corrected chi connectivity index (χ0v) is 10.5. The Bertz CT molecular complexity index is 293. The van der Waals surface area contributed by atoms with E-state index in [2.05, 4.69) is 11.6 Å². The van der Waals surface area contributed by atoms with Gasteiger partial charge in [0.15, 0.2) is 0 Å². The summed E-state index contributed by atoms with van der Waals surface area (Å²) >= 11 is 0. The molecule has 0 saturated heterocycles. The molecular weight excluding hydrogens is 200 g/mol. The maximum Gasteiger partial charge on any atom is 0.0728 e. The molecule has 90 valence electrons. The average Bonchev–Trinajstić information content (AvgIpc) is 2.31. The highest BCUT2D eigenvalue weighted by Crippen LogP contribution is 2.05. The van der Waals surface area contributed by atoms with Crippen LogP contribution in [-0.4, -0.2) is 12.1 Å². The number of aromatic nitrogens is 1. The Morgan fingerprint density at radius 2 is 2.12 bits per heavy atom. The molecule has 1 rings (SSSR count). The fourth-order valence-electron chi connectivity index (χ4n) is 1.14. The van der Waals surface area contributed by atoms with Crippen molar-refractivity contribution in [3.05, 3.63) is 41.9 Å². The Balaban J connectivity index is 0.00000106. The molecule has 0 saturated carbocycles. The van der Waals surface area contributed by atoms with Gasteiger partial charge in [0.05, 0.1) is 6.61 Å². The van der Waals surface area contributed by atoms with Gasteiger partial charge in [0.2, 0.25) is 0 Å². The zero-order chi connectivity index (χ0) is 12.4. The number of nitrogens with zero attached hydrogens (tertiary/aromatic N) is 1. The third-order valence-corrected chi connectivity index (χ3v) is 1.90. The number of hydrogen-bond acceptors (Lipinski definition) is 3. The number of hydrogen-bond donors (Lipinski definition) is 1. The van der Waals surface area contributed by atoms with Crippen LogP contribution in [0.2, 0.25) is 0 Å². The van der Waals surface area contributed by atoms with Crippen molar-refractivity contribution in [3.63, 3.8) is 0 Å². The molecule has 1 heterocycles. The van der Waals surface area contributed by atoms with Gasteiger partial charge in [-0.1, -0.05) is 26.5 Å². The first-order valence-corrected chi connectivity index (χ1v) is 5.58. The van der Waals surface area contributed by atoms with E-state index in [9.17, 15) is 0 Å². The number of pyridine rings is 1. The quantitative estimate of drug-likeness (QED) is 0.833. The summed E-state index contributed by atoms with van der Waals surface area (Å²) in [7, 11) is 1.67. The molecule has 0 radical (unpaired) electrons. The molecule has 0 amide bonds. The maximum absolute atomic E-state index is 5.48. The summed E-state index contributed by atoms with van der Waals surface area (Å²) in [5, 5.41) is 0. The van der Waals surface area contributed by atoms with Gasteiger partial charge < -0.3 is 10.5 Å². The smallest absolute Gasteiger partial charge is 0.0728 e. The number of rotatable bonds is 5. The van der Waals surface area contributed by atoms with E-state index in [1.54, 1.807) is 7.11 Å². The SMILES string of the molecule is C=C(N)CCc1ccc(COC)cn1.CC. The zero-order valence-electron chi connectivity index (χ0n) is 10.5. The lowest BCUT2D eigenvalue weighted by Gasteiger charge is -2.02. The number of methoxy groups -OCH3 is 1. The molecule has 0 aliphatic carbocycles. The molecule has 0 aliphatic rings. The van der Waals surface area contributed by atoms with Crippen LogP contribution in [0.25, 0.3) is 0 Å². The molecule has 16 heavy (non-hydrogen) atoms. The van der Waals surface area contributed by atoms with Gasteiger partial charge in [-0.05, 0) is 24.5 Å². The lowest BCUT2D eigenvalue weighted by Crippen LogP contribution is -1.99. The number of aryl methyl sites for hydroxylation is 1. The van der Waals surface area contributed by atoms with E-state index in [1.807, 2.05) is 32.2 Å². The van der Waals surface area contributed by atoms with Crippen LogP contribution in [0.15, 0.2) is 30.6 Å². The van der Waals surface area contributed by atoms with Crippen LogP contribution < -0.4 is 5.73 Å². The van der Waals surface area contributed by atoms with Gasteiger partial charge in [-0.25, -0.2) is 0 Å². The summed E-state index contributed by atoms with van der Waals surface area (Å²) < 4.78 is 4.99. The van der Waals surface area contributed by atoms with Gasteiger partial charge in [-0.15, -0.1) is 0 Å². The molecular formula is C13H22N2O. The molecule has 0 aromatic carbocycles. The third kappa shape index (κ3) is 6.19. The second-order valence-corrected chi connectivity index (χ2v) is 3.25. The van der Waals surface area contributed by atoms with Gasteiger partial charge in [0.1, 0.15) is 0 Å². The van der Waals surface area contributed by atoms with Crippen LogP contribution in [0.3, 0.4) is 0 Å². The molecule has 1 aromatic rings. The Morgan fingerprint density at radius 3 is 2.56 bits per heavy atom. The fraction of sp³-hybridized carbons (Fsp3) is 0.462. The fourth-order valence-corrected chi connectivity index (χ4v) is 1.14. The average molecular weight is 222 g/mol. The molecule has 0 spiro atoms. The van der Waals surface area contributed by atoms with Gasteiger partial charge in [0.25, 0.3) is 0 Å². The number of nitrogens with two attached hydrogens (primary N) is 1. The lowest BCUT2D eigenvalue weighted by atomic mass is 10.2. The summed E-state index contributed by atoms with van der Waals surface area (Å²) in [6.45, 7) is 8.26. The normalized spacial score (nSPS) is 9.19. The molecule has 0 atom stereocenters. The van der Waals surface area contributed by atoms with E-state index >= 15 is 0 Å². The summed E-state index contributed by atoms with van der Waals surface area (Å²) in [6, 6.07) is 4.02. The first-order chi connectivity index (χ1) is 7.72. The van der Waals surface area contributed by atoms with E-state index in [-0.39, 0.29) is 0 Å². The Kier molecular flexibility index (Phi) is 8.17. The van der Waals surface area contributed by atoms with Crippen LogP contribution in [0.5, 0.6) is 0 Å². The van der Waals surface area contributed by atoms with Crippen molar-refractivity contribution in [2.75, 3.05) is 7.11 Å². The van der Waals surface area contributed by atoms with Crippen LogP contribution in [0, 0.1) is 0 Å². The highest BCUT2D eigenvalue weighted by Gasteiger charge is 1.96. The van der Waals surface area contributed by atoms with E-state index < -0.39 is 0 Å². The summed E-state index contributed by atoms with van der Waals surface area (Å²) in [6.07, 6.45) is 3.47. The predicted molar refractivity (Wildman–Crippen MR) is 67.9 cm³/mol. The van der Waals surface area contributed by atoms with Gasteiger partial charge >= 0.3 is 0 Å². The van der Waals surface area contributed by atoms with Crippen LogP contribution in [-0.2, 0) is 17.8 Å². The summed E-state index contributed by atoms with van der Waals surface area (Å²) in [5.74, 6) is 0. The number of allylic oxidation sites excluding steroid dienone is 1.